The van der Waals surface area contributed by atoms with Gasteiger partial charge in [0.1, 0.15) is 5.75 Å². The summed E-state index contributed by atoms with van der Waals surface area (Å²) in [5.74, 6) is -1.02. The number of fused-ring (bicyclic) bond motifs is 6. The molecule has 214 valence electrons. The molecule has 2 bridgehead atoms. The number of rotatable bonds is 7. The Morgan fingerprint density at radius 3 is 2.23 bits per heavy atom. The summed E-state index contributed by atoms with van der Waals surface area (Å²) in [4.78, 5) is 58.5. The number of esters is 1. The Kier molecular flexibility index (Phi) is 6.58. The van der Waals surface area contributed by atoms with Crippen LogP contribution in [0, 0.1) is 23.7 Å². The van der Waals surface area contributed by atoms with Crippen LogP contribution in [0.15, 0.2) is 84.9 Å². The van der Waals surface area contributed by atoms with Gasteiger partial charge in [-0.25, -0.2) is 9.78 Å². The van der Waals surface area contributed by atoms with Crippen LogP contribution in [0.25, 0.3) is 22.2 Å². The van der Waals surface area contributed by atoms with Crippen LogP contribution in [0.1, 0.15) is 27.1 Å². The minimum absolute atomic E-state index is 0.135. The van der Waals surface area contributed by atoms with Crippen molar-refractivity contribution < 1.29 is 28.7 Å². The number of anilines is 1. The van der Waals surface area contributed by atoms with Crippen LogP contribution in [-0.2, 0) is 14.3 Å². The van der Waals surface area contributed by atoms with Crippen molar-refractivity contribution in [2.45, 2.75) is 6.42 Å². The lowest BCUT2D eigenvalue weighted by molar-refractivity contribution is -0.123. The molecule has 1 aliphatic heterocycles. The van der Waals surface area contributed by atoms with Crippen molar-refractivity contribution in [2.75, 3.05) is 18.6 Å². The SMILES string of the molecule is COc1ccc(C(=O)COC(=O)c2cc(-c3ccc(N4C(=O)C5C6C=CC(C6)C5C4=O)cc3)nc3ccc(Cl)cc23)cc1. The van der Waals surface area contributed by atoms with E-state index in [0.717, 1.165) is 6.42 Å². The predicted octanol–water partition coefficient (Wildman–Crippen LogP) is 5.92. The summed E-state index contributed by atoms with van der Waals surface area (Å²) in [6.45, 7) is -0.448. The van der Waals surface area contributed by atoms with Crippen molar-refractivity contribution in [3.63, 3.8) is 0 Å². The molecule has 9 heteroatoms. The molecule has 1 saturated heterocycles. The minimum Gasteiger partial charge on any atom is -0.497 e. The topological polar surface area (TPSA) is 103 Å². The second-order valence-corrected chi connectivity index (χ2v) is 11.4. The molecule has 4 aromatic rings. The van der Waals surface area contributed by atoms with E-state index in [1.807, 2.05) is 0 Å². The zero-order chi connectivity index (χ0) is 29.8. The molecule has 2 amide bonds. The van der Waals surface area contributed by atoms with Gasteiger partial charge in [0.2, 0.25) is 11.8 Å². The summed E-state index contributed by atoms with van der Waals surface area (Å²) in [6, 6.07) is 20.1. The van der Waals surface area contributed by atoms with Crippen LogP contribution in [0.3, 0.4) is 0 Å². The molecule has 2 heterocycles. The molecule has 0 N–H and O–H groups in total. The summed E-state index contributed by atoms with van der Waals surface area (Å²) in [6.07, 6.45) is 5.01. The molecular formula is C34H25ClN2O6. The molecule has 7 rings (SSSR count). The number of ketones is 1. The first-order valence-corrected chi connectivity index (χ1v) is 14.3. The van der Waals surface area contributed by atoms with Crippen molar-refractivity contribution in [1.82, 2.24) is 4.98 Å². The van der Waals surface area contributed by atoms with Crippen LogP contribution in [0.5, 0.6) is 5.75 Å². The van der Waals surface area contributed by atoms with Crippen LogP contribution in [0.4, 0.5) is 5.69 Å². The summed E-state index contributed by atoms with van der Waals surface area (Å²) >= 11 is 6.24. The van der Waals surface area contributed by atoms with Gasteiger partial charge in [-0.3, -0.25) is 19.3 Å². The molecule has 1 saturated carbocycles. The first-order valence-electron chi connectivity index (χ1n) is 13.9. The molecule has 2 aliphatic carbocycles. The first-order chi connectivity index (χ1) is 20.8. The van der Waals surface area contributed by atoms with E-state index in [9.17, 15) is 19.2 Å². The number of ether oxygens (including phenoxy) is 2. The van der Waals surface area contributed by atoms with Gasteiger partial charge in [0.25, 0.3) is 0 Å². The second-order valence-electron chi connectivity index (χ2n) is 11.0. The maximum Gasteiger partial charge on any atom is 0.339 e. The number of hydrogen-bond acceptors (Lipinski definition) is 7. The number of pyridine rings is 1. The zero-order valence-electron chi connectivity index (χ0n) is 23.0. The van der Waals surface area contributed by atoms with Gasteiger partial charge in [-0.2, -0.15) is 0 Å². The fourth-order valence-corrected chi connectivity index (χ4v) is 6.69. The van der Waals surface area contributed by atoms with Crippen molar-refractivity contribution in [2.24, 2.45) is 23.7 Å². The number of carbonyl (C=O) groups excluding carboxylic acids is 4. The van der Waals surface area contributed by atoms with Crippen LogP contribution in [0.2, 0.25) is 5.02 Å². The Balaban J connectivity index is 1.15. The van der Waals surface area contributed by atoms with Gasteiger partial charge in [0.15, 0.2) is 12.4 Å². The number of hydrogen-bond donors (Lipinski definition) is 0. The van der Waals surface area contributed by atoms with Gasteiger partial charge in [0.05, 0.1) is 41.4 Å². The highest BCUT2D eigenvalue weighted by atomic mass is 35.5. The van der Waals surface area contributed by atoms with Gasteiger partial charge in [0, 0.05) is 21.5 Å². The molecule has 2 fully saturated rings. The molecule has 0 spiro atoms. The maximum absolute atomic E-state index is 13.3. The van der Waals surface area contributed by atoms with Crippen molar-refractivity contribution in [3.05, 3.63) is 101 Å². The lowest BCUT2D eigenvalue weighted by Gasteiger charge is -2.17. The van der Waals surface area contributed by atoms with E-state index in [0.29, 0.717) is 44.2 Å². The molecule has 43 heavy (non-hydrogen) atoms. The number of benzene rings is 3. The maximum atomic E-state index is 13.3. The molecule has 3 aromatic carbocycles. The van der Waals surface area contributed by atoms with E-state index in [1.165, 1.54) is 12.0 Å². The third-order valence-electron chi connectivity index (χ3n) is 8.63. The molecule has 3 aliphatic rings. The van der Waals surface area contributed by atoms with Crippen molar-refractivity contribution >= 4 is 51.8 Å². The quantitative estimate of drug-likeness (QED) is 0.114. The summed E-state index contributed by atoms with van der Waals surface area (Å²) < 4.78 is 10.6. The number of allylic oxidation sites excluding steroid dienone is 2. The third kappa shape index (κ3) is 4.58. The molecule has 1 aromatic heterocycles. The molecular weight excluding hydrogens is 568 g/mol. The minimum atomic E-state index is -0.697. The largest absolute Gasteiger partial charge is 0.497 e. The number of halogens is 1. The number of nitrogens with zero attached hydrogens (tertiary/aromatic N) is 2. The van der Waals surface area contributed by atoms with Crippen molar-refractivity contribution in [3.8, 4) is 17.0 Å². The normalized spacial score (nSPS) is 21.9. The Bertz CT molecular complexity index is 1820. The molecule has 4 unspecified atom stereocenters. The Labute approximate surface area is 251 Å². The Morgan fingerprint density at radius 2 is 1.58 bits per heavy atom. The predicted molar refractivity (Wildman–Crippen MR) is 160 cm³/mol. The van der Waals surface area contributed by atoms with Gasteiger partial charge in [-0.1, -0.05) is 35.9 Å². The van der Waals surface area contributed by atoms with E-state index >= 15 is 0 Å². The van der Waals surface area contributed by atoms with Gasteiger partial charge >= 0.3 is 5.97 Å². The summed E-state index contributed by atoms with van der Waals surface area (Å²) in [5, 5.41) is 0.904. The van der Waals surface area contributed by atoms with E-state index in [4.69, 9.17) is 26.1 Å². The lowest BCUT2D eigenvalue weighted by Crippen LogP contribution is -2.32. The third-order valence-corrected chi connectivity index (χ3v) is 8.86. The Hall–Kier alpha value is -4.82. The highest BCUT2D eigenvalue weighted by Crippen LogP contribution is 2.53. The number of amides is 2. The smallest absolute Gasteiger partial charge is 0.339 e. The molecule has 0 radical (unpaired) electrons. The van der Waals surface area contributed by atoms with E-state index in [2.05, 4.69) is 12.2 Å². The monoisotopic (exact) mass is 592 g/mol. The number of methoxy groups -OCH3 is 1. The van der Waals surface area contributed by atoms with E-state index < -0.39 is 12.6 Å². The highest BCUT2D eigenvalue weighted by Gasteiger charge is 2.59. The van der Waals surface area contributed by atoms with E-state index in [1.54, 1.807) is 72.8 Å². The zero-order valence-corrected chi connectivity index (χ0v) is 23.8. The number of Topliss-reactive ketones (excluding diaryl/α,β-unsaturated/α-hetero) is 1. The van der Waals surface area contributed by atoms with Crippen molar-refractivity contribution in [1.29, 1.82) is 0 Å². The Morgan fingerprint density at radius 1 is 0.907 bits per heavy atom. The second kappa shape index (κ2) is 10.5. The van der Waals surface area contributed by atoms with Gasteiger partial charge in [-0.05, 0) is 78.9 Å². The fraction of sp³-hybridized carbons (Fsp3) is 0.206. The van der Waals surface area contributed by atoms with Crippen LogP contribution < -0.4 is 9.64 Å². The van der Waals surface area contributed by atoms with Gasteiger partial charge in [-0.15, -0.1) is 0 Å². The van der Waals surface area contributed by atoms with Crippen LogP contribution >= 0.6 is 11.6 Å². The molecule has 4 atom stereocenters. The molecule has 8 nitrogen and oxygen atoms in total. The highest BCUT2D eigenvalue weighted by molar-refractivity contribution is 6.31. The number of aromatic nitrogens is 1. The summed E-state index contributed by atoms with van der Waals surface area (Å²) in [5.41, 5.74) is 2.77. The summed E-state index contributed by atoms with van der Waals surface area (Å²) in [7, 11) is 1.53. The average molecular weight is 593 g/mol. The number of imide groups is 1. The fourth-order valence-electron chi connectivity index (χ4n) is 6.52. The lowest BCUT2D eigenvalue weighted by atomic mass is 9.85. The number of carbonyl (C=O) groups is 4. The average Bonchev–Trinajstić information content (AvgIpc) is 3.72. The first kappa shape index (κ1) is 27.0. The van der Waals surface area contributed by atoms with E-state index in [-0.39, 0.29) is 46.8 Å². The van der Waals surface area contributed by atoms with Gasteiger partial charge < -0.3 is 9.47 Å². The van der Waals surface area contributed by atoms with Crippen LogP contribution in [-0.4, -0.2) is 42.3 Å². The standard InChI is InChI=1S/C34H25ClN2O6/c1-42-24-11-6-19(7-12-24)29(38)17-43-34(41)26-16-28(36-27-13-8-22(35)15-25(26)27)18-4-9-23(10-5-18)37-32(39)30-20-2-3-21(14-20)31(30)33(37)40/h2-13,15-16,20-21,30-31H,14,17H2,1H3.